The number of carbonyl (C=O) groups excluding carboxylic acids is 2. The lowest BCUT2D eigenvalue weighted by molar-refractivity contribution is -0.139. The first-order valence-electron chi connectivity index (χ1n) is 8.66. The zero-order chi connectivity index (χ0) is 17.7. The molecule has 2 amide bonds. The van der Waals surface area contributed by atoms with E-state index in [2.05, 4.69) is 0 Å². The molecule has 0 bridgehead atoms. The summed E-state index contributed by atoms with van der Waals surface area (Å²) in [6.45, 7) is 8.58. The number of aryl methyl sites for hydroxylation is 2. The molecule has 0 atom stereocenters. The van der Waals surface area contributed by atoms with Crippen LogP contribution in [0.3, 0.4) is 0 Å². The van der Waals surface area contributed by atoms with E-state index in [4.69, 9.17) is 4.74 Å². The van der Waals surface area contributed by atoms with Gasteiger partial charge in [0.15, 0.2) is 0 Å². The Morgan fingerprint density at radius 3 is 2.08 bits per heavy atom. The second-order valence-electron chi connectivity index (χ2n) is 6.44. The molecule has 0 radical (unpaired) electrons. The average Bonchev–Trinajstić information content (AvgIpc) is 2.58. The van der Waals surface area contributed by atoms with Gasteiger partial charge in [-0.15, -0.1) is 0 Å². The van der Waals surface area contributed by atoms with Gasteiger partial charge in [-0.1, -0.05) is 13.0 Å². The average molecular weight is 332 g/mol. The topological polar surface area (TPSA) is 49.9 Å². The molecule has 1 aliphatic heterocycles. The summed E-state index contributed by atoms with van der Waals surface area (Å²) in [6, 6.07) is 4.02. The van der Waals surface area contributed by atoms with Crippen LogP contribution in [0.1, 0.15) is 36.5 Å². The van der Waals surface area contributed by atoms with Crippen molar-refractivity contribution in [3.05, 3.63) is 28.8 Å². The van der Waals surface area contributed by atoms with Gasteiger partial charge >= 0.3 is 0 Å². The summed E-state index contributed by atoms with van der Waals surface area (Å²) in [6.07, 6.45) is 1.80. The molecule has 0 unspecified atom stereocenters. The molecule has 132 valence electrons. The van der Waals surface area contributed by atoms with Gasteiger partial charge in [0, 0.05) is 38.2 Å². The number of carbonyl (C=O) groups is 2. The second-order valence-corrected chi connectivity index (χ2v) is 6.44. The molecule has 0 N–H and O–H groups in total. The largest absolute Gasteiger partial charge is 0.496 e. The molecule has 0 aliphatic carbocycles. The number of hydrogen-bond donors (Lipinski definition) is 0. The van der Waals surface area contributed by atoms with Crippen LogP contribution in [0.15, 0.2) is 12.1 Å². The third-order valence-corrected chi connectivity index (χ3v) is 4.69. The molecule has 1 aromatic carbocycles. The fourth-order valence-electron chi connectivity index (χ4n) is 3.03. The normalized spacial score (nSPS) is 14.7. The van der Waals surface area contributed by atoms with E-state index >= 15 is 0 Å². The van der Waals surface area contributed by atoms with Crippen molar-refractivity contribution in [1.82, 2.24) is 9.80 Å². The molecule has 0 saturated carbocycles. The first-order chi connectivity index (χ1) is 11.5. The highest BCUT2D eigenvalue weighted by molar-refractivity contribution is 5.80. The van der Waals surface area contributed by atoms with Crippen molar-refractivity contribution in [2.45, 2.75) is 40.0 Å². The van der Waals surface area contributed by atoms with Crippen molar-refractivity contribution in [2.24, 2.45) is 0 Å². The number of ether oxygens (including phenoxy) is 1. The number of rotatable bonds is 5. The number of piperazine rings is 1. The lowest BCUT2D eigenvalue weighted by atomic mass is 10.0. The van der Waals surface area contributed by atoms with Crippen molar-refractivity contribution >= 4 is 11.8 Å². The van der Waals surface area contributed by atoms with Crippen LogP contribution < -0.4 is 4.74 Å². The standard InChI is InChI=1S/C19H28N2O3/c1-5-6-18(22)20-7-9-21(10-8-20)19(23)13-16-11-14(2)15(3)12-17(16)24-4/h11-12H,5-10,13H2,1-4H3. The van der Waals surface area contributed by atoms with Gasteiger partial charge < -0.3 is 14.5 Å². The van der Waals surface area contributed by atoms with Gasteiger partial charge in [0.1, 0.15) is 5.75 Å². The smallest absolute Gasteiger partial charge is 0.227 e. The summed E-state index contributed by atoms with van der Waals surface area (Å²) in [5.74, 6) is 1.06. The lowest BCUT2D eigenvalue weighted by Crippen LogP contribution is -2.50. The van der Waals surface area contributed by atoms with E-state index < -0.39 is 0 Å². The minimum atomic E-state index is 0.0964. The zero-order valence-corrected chi connectivity index (χ0v) is 15.2. The van der Waals surface area contributed by atoms with Crippen LogP contribution >= 0.6 is 0 Å². The van der Waals surface area contributed by atoms with E-state index in [1.54, 1.807) is 7.11 Å². The molecule has 24 heavy (non-hydrogen) atoms. The van der Waals surface area contributed by atoms with E-state index in [9.17, 15) is 9.59 Å². The quantitative estimate of drug-likeness (QED) is 0.831. The molecular weight excluding hydrogens is 304 g/mol. The maximum absolute atomic E-state index is 12.6. The summed E-state index contributed by atoms with van der Waals surface area (Å²) in [5, 5.41) is 0. The van der Waals surface area contributed by atoms with Crippen molar-refractivity contribution in [2.75, 3.05) is 33.3 Å². The summed E-state index contributed by atoms with van der Waals surface area (Å²) in [4.78, 5) is 28.2. The Balaban J connectivity index is 1.97. The van der Waals surface area contributed by atoms with Gasteiger partial charge in [0.25, 0.3) is 0 Å². The Morgan fingerprint density at radius 2 is 1.54 bits per heavy atom. The fraction of sp³-hybridized carbons (Fsp3) is 0.579. The number of nitrogens with zero attached hydrogens (tertiary/aromatic N) is 2. The van der Waals surface area contributed by atoms with Crippen LogP contribution in [0.5, 0.6) is 5.75 Å². The summed E-state index contributed by atoms with van der Waals surface area (Å²) in [7, 11) is 1.64. The minimum Gasteiger partial charge on any atom is -0.496 e. The van der Waals surface area contributed by atoms with Crippen molar-refractivity contribution in [3.63, 3.8) is 0 Å². The highest BCUT2D eigenvalue weighted by Gasteiger charge is 2.24. The monoisotopic (exact) mass is 332 g/mol. The van der Waals surface area contributed by atoms with Crippen molar-refractivity contribution in [3.8, 4) is 5.75 Å². The molecule has 2 rings (SSSR count). The Hall–Kier alpha value is -2.04. The fourth-order valence-corrected chi connectivity index (χ4v) is 3.03. The van der Waals surface area contributed by atoms with Crippen molar-refractivity contribution in [1.29, 1.82) is 0 Å². The highest BCUT2D eigenvalue weighted by Crippen LogP contribution is 2.24. The van der Waals surface area contributed by atoms with Gasteiger partial charge in [-0.2, -0.15) is 0 Å². The predicted molar refractivity (Wildman–Crippen MR) is 94.2 cm³/mol. The third-order valence-electron chi connectivity index (χ3n) is 4.69. The zero-order valence-electron chi connectivity index (χ0n) is 15.2. The number of methoxy groups -OCH3 is 1. The van der Waals surface area contributed by atoms with E-state index in [0.29, 0.717) is 39.0 Å². The Bertz CT molecular complexity index is 605. The molecule has 1 aromatic rings. The van der Waals surface area contributed by atoms with Gasteiger partial charge in [-0.25, -0.2) is 0 Å². The van der Waals surface area contributed by atoms with Crippen molar-refractivity contribution < 1.29 is 14.3 Å². The summed E-state index contributed by atoms with van der Waals surface area (Å²) >= 11 is 0. The molecular formula is C19H28N2O3. The SMILES string of the molecule is CCCC(=O)N1CCN(C(=O)Cc2cc(C)c(C)cc2OC)CC1. The molecule has 1 heterocycles. The van der Waals surface area contributed by atoms with Crippen LogP contribution in [0.25, 0.3) is 0 Å². The third kappa shape index (κ3) is 4.28. The molecule has 0 spiro atoms. The van der Waals surface area contributed by atoms with E-state index in [0.717, 1.165) is 28.9 Å². The van der Waals surface area contributed by atoms with Gasteiger partial charge in [-0.3, -0.25) is 9.59 Å². The van der Waals surface area contributed by atoms with Crippen LogP contribution in [0.4, 0.5) is 0 Å². The maximum Gasteiger partial charge on any atom is 0.227 e. The second kappa shape index (κ2) is 8.18. The highest BCUT2D eigenvalue weighted by atomic mass is 16.5. The van der Waals surface area contributed by atoms with Crippen LogP contribution in [0.2, 0.25) is 0 Å². The van der Waals surface area contributed by atoms with Gasteiger partial charge in [0.2, 0.25) is 11.8 Å². The van der Waals surface area contributed by atoms with E-state index in [1.165, 1.54) is 0 Å². The van der Waals surface area contributed by atoms with Crippen LogP contribution in [-0.4, -0.2) is 54.9 Å². The Morgan fingerprint density at radius 1 is 1.00 bits per heavy atom. The first kappa shape index (κ1) is 18.3. The lowest BCUT2D eigenvalue weighted by Gasteiger charge is -2.35. The number of amides is 2. The predicted octanol–water partition coefficient (Wildman–Crippen LogP) is 2.33. The van der Waals surface area contributed by atoms with E-state index in [-0.39, 0.29) is 11.8 Å². The van der Waals surface area contributed by atoms with Crippen LogP contribution in [0, 0.1) is 13.8 Å². The molecule has 1 fully saturated rings. The van der Waals surface area contributed by atoms with Crippen LogP contribution in [-0.2, 0) is 16.0 Å². The Kier molecular flexibility index (Phi) is 6.23. The van der Waals surface area contributed by atoms with E-state index in [1.807, 2.05) is 42.7 Å². The summed E-state index contributed by atoms with van der Waals surface area (Å²) in [5.41, 5.74) is 3.25. The minimum absolute atomic E-state index is 0.0964. The summed E-state index contributed by atoms with van der Waals surface area (Å²) < 4.78 is 5.42. The molecule has 5 nitrogen and oxygen atoms in total. The molecule has 5 heteroatoms. The Labute approximate surface area is 144 Å². The van der Waals surface area contributed by atoms with Gasteiger partial charge in [0.05, 0.1) is 13.5 Å². The number of benzene rings is 1. The molecule has 1 aliphatic rings. The number of hydrogen-bond acceptors (Lipinski definition) is 3. The maximum atomic E-state index is 12.6. The first-order valence-corrected chi connectivity index (χ1v) is 8.66. The molecule has 0 aromatic heterocycles. The van der Waals surface area contributed by atoms with Gasteiger partial charge in [-0.05, 0) is 37.5 Å². The molecule has 1 saturated heterocycles.